The van der Waals surface area contributed by atoms with Crippen LogP contribution in [-0.2, 0) is 24.1 Å². The Bertz CT molecular complexity index is 385. The molecule has 0 saturated carbocycles. The molecule has 3 rings (SSSR count). The van der Waals surface area contributed by atoms with Gasteiger partial charge in [-0.05, 0) is 24.7 Å². The first-order valence-electron chi connectivity index (χ1n) is 6.46. The highest BCUT2D eigenvalue weighted by molar-refractivity contribution is 5.01. The van der Waals surface area contributed by atoms with Gasteiger partial charge < -0.3 is 14.4 Å². The van der Waals surface area contributed by atoms with Crippen LogP contribution in [0.5, 0.6) is 0 Å². The zero-order valence-corrected chi connectivity index (χ0v) is 10.0. The van der Waals surface area contributed by atoms with E-state index in [1.165, 1.54) is 0 Å². The molecular formula is C12H19N3O2. The molecule has 0 spiro atoms. The Labute approximate surface area is 101 Å². The summed E-state index contributed by atoms with van der Waals surface area (Å²) in [6.45, 7) is 2.97. The molecule has 0 amide bonds. The normalized spacial score (nSPS) is 28.3. The molecule has 1 saturated heterocycles. The van der Waals surface area contributed by atoms with E-state index in [4.69, 9.17) is 4.74 Å². The summed E-state index contributed by atoms with van der Waals surface area (Å²) in [4.78, 5) is 0. The van der Waals surface area contributed by atoms with E-state index in [1.807, 2.05) is 0 Å². The number of hydrogen-bond donors (Lipinski definition) is 1. The fraction of sp³-hybridized carbons (Fsp3) is 0.833. The van der Waals surface area contributed by atoms with Crippen LogP contribution in [0.25, 0.3) is 0 Å². The molecule has 1 fully saturated rings. The van der Waals surface area contributed by atoms with Crippen molar-refractivity contribution in [2.45, 2.75) is 32.2 Å². The van der Waals surface area contributed by atoms with Crippen LogP contribution < -0.4 is 0 Å². The van der Waals surface area contributed by atoms with E-state index in [9.17, 15) is 5.11 Å². The standard InChI is InChI=1S/C12H19N3O2/c16-7-9-1-3-15-11(5-9)13-14-12(15)6-10-2-4-17-8-10/h9-10,16H,1-8H2. The zero-order valence-electron chi connectivity index (χ0n) is 10.0. The maximum atomic E-state index is 9.18. The van der Waals surface area contributed by atoms with Gasteiger partial charge in [0.2, 0.25) is 0 Å². The number of fused-ring (bicyclic) bond motifs is 1. The Balaban J connectivity index is 1.72. The molecule has 2 aliphatic heterocycles. The smallest absolute Gasteiger partial charge is 0.133 e. The molecule has 5 nitrogen and oxygen atoms in total. The van der Waals surface area contributed by atoms with Crippen LogP contribution in [0.3, 0.4) is 0 Å². The minimum absolute atomic E-state index is 0.263. The maximum Gasteiger partial charge on any atom is 0.133 e. The average molecular weight is 237 g/mol. The Hall–Kier alpha value is -0.940. The van der Waals surface area contributed by atoms with Crippen LogP contribution in [0.2, 0.25) is 0 Å². The summed E-state index contributed by atoms with van der Waals surface area (Å²) in [6, 6.07) is 0. The summed E-state index contributed by atoms with van der Waals surface area (Å²) < 4.78 is 7.63. The van der Waals surface area contributed by atoms with Crippen molar-refractivity contribution in [1.29, 1.82) is 0 Å². The molecule has 5 heteroatoms. The van der Waals surface area contributed by atoms with Crippen LogP contribution in [0.1, 0.15) is 24.5 Å². The lowest BCUT2D eigenvalue weighted by atomic mass is 9.98. The van der Waals surface area contributed by atoms with Crippen molar-refractivity contribution in [3.63, 3.8) is 0 Å². The Morgan fingerprint density at radius 3 is 3.00 bits per heavy atom. The van der Waals surface area contributed by atoms with Gasteiger partial charge in [-0.1, -0.05) is 0 Å². The summed E-state index contributed by atoms with van der Waals surface area (Å²) in [7, 11) is 0. The molecule has 0 radical (unpaired) electrons. The van der Waals surface area contributed by atoms with Gasteiger partial charge >= 0.3 is 0 Å². The van der Waals surface area contributed by atoms with Gasteiger partial charge in [0.1, 0.15) is 11.6 Å². The van der Waals surface area contributed by atoms with Gasteiger partial charge in [0.15, 0.2) is 0 Å². The van der Waals surface area contributed by atoms with Crippen molar-refractivity contribution in [3.8, 4) is 0 Å². The summed E-state index contributed by atoms with van der Waals surface area (Å²) in [5, 5.41) is 17.7. The number of ether oxygens (including phenoxy) is 1. The van der Waals surface area contributed by atoms with E-state index in [-0.39, 0.29) is 6.61 Å². The third-order valence-corrected chi connectivity index (χ3v) is 3.89. The van der Waals surface area contributed by atoms with Crippen molar-refractivity contribution in [2.75, 3.05) is 19.8 Å². The molecule has 3 heterocycles. The lowest BCUT2D eigenvalue weighted by molar-refractivity contribution is 0.184. The predicted octanol–water partition coefficient (Wildman–Crippen LogP) is 0.412. The zero-order chi connectivity index (χ0) is 11.7. The molecule has 0 aromatic carbocycles. The third kappa shape index (κ3) is 2.21. The van der Waals surface area contributed by atoms with Crippen molar-refractivity contribution in [1.82, 2.24) is 14.8 Å². The molecular weight excluding hydrogens is 218 g/mol. The second-order valence-electron chi connectivity index (χ2n) is 5.16. The van der Waals surface area contributed by atoms with Gasteiger partial charge in [0.05, 0.1) is 0 Å². The molecule has 0 bridgehead atoms. The topological polar surface area (TPSA) is 60.2 Å². The monoisotopic (exact) mass is 237 g/mol. The average Bonchev–Trinajstić information content (AvgIpc) is 2.99. The van der Waals surface area contributed by atoms with Crippen LogP contribution in [0, 0.1) is 11.8 Å². The molecule has 1 N–H and O–H groups in total. The van der Waals surface area contributed by atoms with Crippen LogP contribution in [0.4, 0.5) is 0 Å². The molecule has 0 aliphatic carbocycles. The second-order valence-corrected chi connectivity index (χ2v) is 5.16. The summed E-state index contributed by atoms with van der Waals surface area (Å²) >= 11 is 0. The van der Waals surface area contributed by atoms with Gasteiger partial charge in [-0.3, -0.25) is 0 Å². The van der Waals surface area contributed by atoms with Gasteiger partial charge in [0, 0.05) is 39.2 Å². The minimum atomic E-state index is 0.263. The van der Waals surface area contributed by atoms with Gasteiger partial charge in [-0.25, -0.2) is 0 Å². The first-order chi connectivity index (χ1) is 8.36. The number of aliphatic hydroxyl groups excluding tert-OH is 1. The minimum Gasteiger partial charge on any atom is -0.396 e. The largest absolute Gasteiger partial charge is 0.396 e. The summed E-state index contributed by atoms with van der Waals surface area (Å²) in [6.07, 6.45) is 4.03. The molecule has 2 atom stereocenters. The Kier molecular flexibility index (Phi) is 3.11. The first-order valence-corrected chi connectivity index (χ1v) is 6.46. The molecule has 94 valence electrons. The number of hydrogen-bond acceptors (Lipinski definition) is 4. The molecule has 2 unspecified atom stereocenters. The second kappa shape index (κ2) is 4.74. The number of aromatic nitrogens is 3. The van der Waals surface area contributed by atoms with Crippen molar-refractivity contribution < 1.29 is 9.84 Å². The van der Waals surface area contributed by atoms with Crippen molar-refractivity contribution in [3.05, 3.63) is 11.6 Å². The van der Waals surface area contributed by atoms with E-state index >= 15 is 0 Å². The fourth-order valence-electron chi connectivity index (χ4n) is 2.76. The van der Waals surface area contributed by atoms with Gasteiger partial charge in [0.25, 0.3) is 0 Å². The molecule has 1 aromatic rings. The Morgan fingerprint density at radius 2 is 2.24 bits per heavy atom. The highest BCUT2D eigenvalue weighted by Gasteiger charge is 2.25. The quantitative estimate of drug-likeness (QED) is 0.827. The van der Waals surface area contributed by atoms with Crippen LogP contribution >= 0.6 is 0 Å². The number of nitrogens with zero attached hydrogens (tertiary/aromatic N) is 3. The van der Waals surface area contributed by atoms with E-state index in [1.54, 1.807) is 0 Å². The predicted molar refractivity (Wildman–Crippen MR) is 61.5 cm³/mol. The first kappa shape index (κ1) is 11.2. The van der Waals surface area contributed by atoms with E-state index in [2.05, 4.69) is 14.8 Å². The molecule has 1 aromatic heterocycles. The highest BCUT2D eigenvalue weighted by atomic mass is 16.5. The number of rotatable bonds is 3. The van der Waals surface area contributed by atoms with Gasteiger partial charge in [-0.2, -0.15) is 0 Å². The molecule has 17 heavy (non-hydrogen) atoms. The number of aliphatic hydroxyl groups is 1. The maximum absolute atomic E-state index is 9.18. The van der Waals surface area contributed by atoms with Crippen molar-refractivity contribution in [2.24, 2.45) is 11.8 Å². The lowest BCUT2D eigenvalue weighted by Crippen LogP contribution is -2.23. The Morgan fingerprint density at radius 1 is 1.29 bits per heavy atom. The SMILES string of the molecule is OCC1CCn2c(nnc2CC2CCOC2)C1. The van der Waals surface area contributed by atoms with Crippen molar-refractivity contribution >= 4 is 0 Å². The molecule has 2 aliphatic rings. The van der Waals surface area contributed by atoms with E-state index in [0.29, 0.717) is 11.8 Å². The van der Waals surface area contributed by atoms with Crippen LogP contribution in [-0.4, -0.2) is 39.7 Å². The van der Waals surface area contributed by atoms with Crippen LogP contribution in [0.15, 0.2) is 0 Å². The van der Waals surface area contributed by atoms with E-state index in [0.717, 1.165) is 57.1 Å². The fourth-order valence-corrected chi connectivity index (χ4v) is 2.76. The third-order valence-electron chi connectivity index (χ3n) is 3.89. The summed E-state index contributed by atoms with van der Waals surface area (Å²) in [5.41, 5.74) is 0. The summed E-state index contributed by atoms with van der Waals surface area (Å²) in [5.74, 6) is 3.13. The van der Waals surface area contributed by atoms with Gasteiger partial charge in [-0.15, -0.1) is 10.2 Å². The lowest BCUT2D eigenvalue weighted by Gasteiger charge is -2.22. The highest BCUT2D eigenvalue weighted by Crippen LogP contribution is 2.23. The van der Waals surface area contributed by atoms with E-state index < -0.39 is 0 Å².